The number of rotatable bonds is 4. The summed E-state index contributed by atoms with van der Waals surface area (Å²) in [6, 6.07) is 24.3. The van der Waals surface area contributed by atoms with Gasteiger partial charge in [-0.25, -0.2) is 5.43 Å². The van der Waals surface area contributed by atoms with Crippen LogP contribution in [0.5, 0.6) is 0 Å². The number of hydrazone groups is 1. The van der Waals surface area contributed by atoms with Crippen LogP contribution in [0, 0.1) is 0 Å². The van der Waals surface area contributed by atoms with E-state index in [2.05, 4.69) is 40.9 Å². The van der Waals surface area contributed by atoms with E-state index >= 15 is 0 Å². The molecule has 0 aliphatic rings. The molecule has 0 bridgehead atoms. The maximum atomic E-state index is 12.1. The molecule has 0 aliphatic carbocycles. The van der Waals surface area contributed by atoms with Gasteiger partial charge in [-0.3, -0.25) is 4.79 Å². The molecular formula is C22H18N3O+. The fourth-order valence-electron chi connectivity index (χ4n) is 3.10. The Morgan fingerprint density at radius 3 is 2.15 bits per heavy atom. The fraction of sp³-hybridized carbons (Fsp3) is 0.0455. The number of hydrogen-bond donors (Lipinski definition) is 1. The average molecular weight is 340 g/mol. The molecule has 4 heteroatoms. The van der Waals surface area contributed by atoms with Gasteiger partial charge in [-0.15, -0.1) is 0 Å². The molecule has 0 radical (unpaired) electrons. The summed E-state index contributed by atoms with van der Waals surface area (Å²) in [5.41, 5.74) is 3.62. The molecule has 126 valence electrons. The largest absolute Gasteiger partial charge is 0.305 e. The molecule has 0 aliphatic heterocycles. The van der Waals surface area contributed by atoms with Gasteiger partial charge in [0, 0.05) is 17.7 Å². The van der Waals surface area contributed by atoms with E-state index < -0.39 is 0 Å². The van der Waals surface area contributed by atoms with Crippen molar-refractivity contribution in [3.05, 3.63) is 90.8 Å². The molecule has 3 aromatic carbocycles. The lowest BCUT2D eigenvalue weighted by molar-refractivity contribution is -0.684. The number of hydrogen-bond acceptors (Lipinski definition) is 2. The Balaban J connectivity index is 1.63. The zero-order chi connectivity index (χ0) is 17.8. The van der Waals surface area contributed by atoms with Gasteiger partial charge in [-0.1, -0.05) is 54.6 Å². The van der Waals surface area contributed by atoms with Crippen molar-refractivity contribution < 1.29 is 9.36 Å². The molecule has 0 saturated heterocycles. The fourth-order valence-corrected chi connectivity index (χ4v) is 3.10. The molecule has 0 fully saturated rings. The van der Waals surface area contributed by atoms with Gasteiger partial charge in [0.25, 0.3) is 0 Å². The van der Waals surface area contributed by atoms with E-state index in [0.29, 0.717) is 0 Å². The number of benzene rings is 3. The minimum atomic E-state index is -0.165. The number of carbonyl (C=O) groups is 1. The molecular weight excluding hydrogens is 322 g/mol. The lowest BCUT2D eigenvalue weighted by Crippen LogP contribution is -2.40. The van der Waals surface area contributed by atoms with Crippen LogP contribution in [0.4, 0.5) is 0 Å². The summed E-state index contributed by atoms with van der Waals surface area (Å²) < 4.78 is 1.80. The van der Waals surface area contributed by atoms with E-state index in [9.17, 15) is 4.79 Å². The number of pyridine rings is 1. The van der Waals surface area contributed by atoms with Crippen molar-refractivity contribution in [3.63, 3.8) is 0 Å². The predicted octanol–water partition coefficient (Wildman–Crippen LogP) is 3.43. The second-order valence-electron chi connectivity index (χ2n) is 6.07. The topological polar surface area (TPSA) is 45.3 Å². The van der Waals surface area contributed by atoms with Crippen LogP contribution in [0.2, 0.25) is 0 Å². The van der Waals surface area contributed by atoms with Crippen molar-refractivity contribution in [1.82, 2.24) is 5.43 Å². The molecule has 0 unspecified atom stereocenters. The third kappa shape index (κ3) is 3.30. The van der Waals surface area contributed by atoms with Crippen molar-refractivity contribution in [2.45, 2.75) is 6.54 Å². The van der Waals surface area contributed by atoms with Gasteiger partial charge in [0.1, 0.15) is 0 Å². The first-order valence-corrected chi connectivity index (χ1v) is 8.48. The molecule has 1 N–H and O–H groups in total. The Labute approximate surface area is 151 Å². The summed E-state index contributed by atoms with van der Waals surface area (Å²) in [6.07, 6.45) is 5.43. The van der Waals surface area contributed by atoms with Crippen LogP contribution in [0.3, 0.4) is 0 Å². The Bertz CT molecular complexity index is 1050. The lowest BCUT2D eigenvalue weighted by Gasteiger charge is -2.07. The number of fused-ring (bicyclic) bond motifs is 2. The molecule has 4 rings (SSSR count). The van der Waals surface area contributed by atoms with Crippen LogP contribution in [0.25, 0.3) is 21.5 Å². The Hall–Kier alpha value is -3.53. The van der Waals surface area contributed by atoms with E-state index in [0.717, 1.165) is 27.1 Å². The molecule has 4 aromatic rings. The Morgan fingerprint density at radius 2 is 1.50 bits per heavy atom. The Morgan fingerprint density at radius 1 is 0.885 bits per heavy atom. The third-order valence-electron chi connectivity index (χ3n) is 4.30. The van der Waals surface area contributed by atoms with Crippen molar-refractivity contribution in [1.29, 1.82) is 0 Å². The summed E-state index contributed by atoms with van der Waals surface area (Å²) >= 11 is 0. The summed E-state index contributed by atoms with van der Waals surface area (Å²) in [7, 11) is 0. The number of aromatic nitrogens is 1. The smallest absolute Gasteiger partial charge is 0.266 e. The van der Waals surface area contributed by atoms with Crippen LogP contribution in [0.1, 0.15) is 5.56 Å². The molecule has 26 heavy (non-hydrogen) atoms. The first kappa shape index (κ1) is 16.0. The monoisotopic (exact) mass is 340 g/mol. The van der Waals surface area contributed by atoms with Gasteiger partial charge in [0.05, 0.1) is 6.21 Å². The van der Waals surface area contributed by atoms with Gasteiger partial charge >= 0.3 is 5.91 Å². The maximum absolute atomic E-state index is 12.1. The Kier molecular flexibility index (Phi) is 4.39. The van der Waals surface area contributed by atoms with Crippen LogP contribution in [0.15, 0.2) is 90.3 Å². The second kappa shape index (κ2) is 7.15. The summed E-state index contributed by atoms with van der Waals surface area (Å²) in [5, 5.41) is 8.73. The van der Waals surface area contributed by atoms with Crippen molar-refractivity contribution in [3.8, 4) is 0 Å². The summed E-state index contributed by atoms with van der Waals surface area (Å²) in [5.74, 6) is -0.165. The van der Waals surface area contributed by atoms with E-state index in [1.54, 1.807) is 10.8 Å². The molecule has 0 spiro atoms. The number of nitrogens with zero attached hydrogens (tertiary/aromatic N) is 2. The van der Waals surface area contributed by atoms with Crippen LogP contribution in [-0.2, 0) is 11.3 Å². The van der Waals surface area contributed by atoms with Crippen LogP contribution in [-0.4, -0.2) is 12.1 Å². The summed E-state index contributed by atoms with van der Waals surface area (Å²) in [4.78, 5) is 12.1. The normalized spacial score (nSPS) is 11.2. The van der Waals surface area contributed by atoms with Gasteiger partial charge in [-0.05, 0) is 27.6 Å². The first-order chi connectivity index (χ1) is 12.8. The molecule has 1 aromatic heterocycles. The zero-order valence-corrected chi connectivity index (χ0v) is 14.2. The second-order valence-corrected chi connectivity index (χ2v) is 6.07. The first-order valence-electron chi connectivity index (χ1n) is 8.48. The van der Waals surface area contributed by atoms with Crippen molar-refractivity contribution in [2.75, 3.05) is 0 Å². The third-order valence-corrected chi connectivity index (χ3v) is 4.30. The zero-order valence-electron chi connectivity index (χ0n) is 14.2. The van der Waals surface area contributed by atoms with Gasteiger partial charge in [-0.2, -0.15) is 9.67 Å². The summed E-state index contributed by atoms with van der Waals surface area (Å²) in [6.45, 7) is 0.231. The molecule has 0 atom stereocenters. The highest BCUT2D eigenvalue weighted by atomic mass is 16.2. The van der Waals surface area contributed by atoms with Crippen LogP contribution < -0.4 is 9.99 Å². The highest BCUT2D eigenvalue weighted by Gasteiger charge is 2.08. The van der Waals surface area contributed by atoms with Gasteiger partial charge < -0.3 is 0 Å². The van der Waals surface area contributed by atoms with Gasteiger partial charge in [0.2, 0.25) is 6.54 Å². The average Bonchev–Trinajstić information content (AvgIpc) is 2.68. The molecule has 1 amide bonds. The minimum Gasteiger partial charge on any atom is -0.266 e. The van der Waals surface area contributed by atoms with Crippen molar-refractivity contribution in [2.24, 2.45) is 5.10 Å². The van der Waals surface area contributed by atoms with E-state index in [1.165, 1.54) is 0 Å². The maximum Gasteiger partial charge on any atom is 0.305 e. The van der Waals surface area contributed by atoms with E-state index in [-0.39, 0.29) is 12.5 Å². The predicted molar refractivity (Wildman–Crippen MR) is 104 cm³/mol. The van der Waals surface area contributed by atoms with Crippen LogP contribution >= 0.6 is 0 Å². The highest BCUT2D eigenvalue weighted by molar-refractivity contribution is 6.13. The molecule has 1 heterocycles. The molecule has 0 saturated carbocycles. The quantitative estimate of drug-likeness (QED) is 0.263. The number of carbonyl (C=O) groups excluding carboxylic acids is 1. The highest BCUT2D eigenvalue weighted by Crippen LogP contribution is 2.27. The van der Waals surface area contributed by atoms with E-state index in [1.807, 2.05) is 54.9 Å². The molecule has 4 nitrogen and oxygen atoms in total. The van der Waals surface area contributed by atoms with E-state index in [4.69, 9.17) is 0 Å². The van der Waals surface area contributed by atoms with Gasteiger partial charge in [0.15, 0.2) is 12.4 Å². The number of nitrogens with one attached hydrogen (secondary N) is 1. The SMILES string of the molecule is O=C(C[n+]1ccccc1)N/N=C\c1c2ccccc2cc2ccccc12. The lowest BCUT2D eigenvalue weighted by atomic mass is 9.97. The standard InChI is InChI=1S/C22H17N3O/c26-22(16-25-12-6-1-7-13-25)24-23-15-21-19-10-4-2-8-17(19)14-18-9-3-5-11-20(18)21/h1-15H,16H2/p+1/b23-15-. The van der Waals surface area contributed by atoms with Crippen molar-refractivity contribution >= 4 is 33.7 Å². The minimum absolute atomic E-state index is 0.165. The number of amides is 1.